The quantitative estimate of drug-likeness (QED) is 0.451. The van der Waals surface area contributed by atoms with E-state index in [9.17, 15) is 4.79 Å². The highest BCUT2D eigenvalue weighted by atomic mass is 16.1. The molecule has 1 saturated carbocycles. The normalized spacial score (nSPS) is 37.1. The van der Waals surface area contributed by atoms with Crippen molar-refractivity contribution in [3.8, 4) is 0 Å². The van der Waals surface area contributed by atoms with Crippen molar-refractivity contribution < 1.29 is 4.79 Å². The molecule has 0 N–H and O–H groups in total. The van der Waals surface area contributed by atoms with Crippen molar-refractivity contribution in [1.29, 1.82) is 0 Å². The molecule has 1 aliphatic carbocycles. The van der Waals surface area contributed by atoms with Crippen LogP contribution in [0.5, 0.6) is 0 Å². The van der Waals surface area contributed by atoms with Crippen LogP contribution in [0.2, 0.25) is 11.6 Å². The fourth-order valence-electron chi connectivity index (χ4n) is 1.86. The molecule has 2 atom stereocenters. The van der Waals surface area contributed by atoms with E-state index in [4.69, 9.17) is 0 Å². The van der Waals surface area contributed by atoms with E-state index < -0.39 is 0 Å². The molecule has 0 aromatic heterocycles. The number of ketones is 1. The van der Waals surface area contributed by atoms with Gasteiger partial charge < -0.3 is 4.79 Å². The van der Waals surface area contributed by atoms with Gasteiger partial charge in [0.05, 0.1) is 0 Å². The van der Waals surface area contributed by atoms with Gasteiger partial charge in [-0.1, -0.05) is 19.7 Å². The first-order valence-corrected chi connectivity index (χ1v) is 4.48. The second-order valence-corrected chi connectivity index (χ2v) is 4.53. The van der Waals surface area contributed by atoms with Crippen LogP contribution in [0, 0.1) is 5.41 Å². The minimum Gasteiger partial charge on any atom is -0.300 e. The Labute approximate surface area is 70.8 Å². The molecule has 1 rings (SSSR count). The second-order valence-electron chi connectivity index (χ2n) is 4.53. The van der Waals surface area contributed by atoms with Crippen LogP contribution in [-0.4, -0.2) is 21.5 Å². The third-order valence-corrected chi connectivity index (χ3v) is 3.51. The van der Waals surface area contributed by atoms with Crippen LogP contribution >= 0.6 is 0 Å². The molecular formula is C8H16B2O. The Morgan fingerprint density at radius 1 is 1.45 bits per heavy atom. The third kappa shape index (κ3) is 1.52. The van der Waals surface area contributed by atoms with Crippen molar-refractivity contribution in [3.05, 3.63) is 0 Å². The van der Waals surface area contributed by atoms with E-state index in [0.29, 0.717) is 17.0 Å². The van der Waals surface area contributed by atoms with Crippen molar-refractivity contribution in [1.82, 2.24) is 0 Å². The van der Waals surface area contributed by atoms with E-state index in [0.717, 1.165) is 12.8 Å². The summed E-state index contributed by atoms with van der Waals surface area (Å²) in [6.45, 7) is 4.53. The minimum atomic E-state index is 0.277. The zero-order valence-corrected chi connectivity index (χ0v) is 7.98. The second kappa shape index (κ2) is 2.69. The van der Waals surface area contributed by atoms with Crippen molar-refractivity contribution in [3.63, 3.8) is 0 Å². The fraction of sp³-hybridized carbons (Fsp3) is 0.875. The molecular weight excluding hydrogens is 134 g/mol. The van der Waals surface area contributed by atoms with Gasteiger partial charge in [-0.15, -0.1) is 0 Å². The minimum absolute atomic E-state index is 0.277. The number of hydrogen-bond acceptors (Lipinski definition) is 1. The SMILES string of the molecule is BC1C(=O)CCC(C)(C)C1B. The molecule has 1 nitrogen and oxygen atoms in total. The van der Waals surface area contributed by atoms with E-state index >= 15 is 0 Å². The molecule has 0 aliphatic heterocycles. The summed E-state index contributed by atoms with van der Waals surface area (Å²) in [4.78, 5) is 11.3. The van der Waals surface area contributed by atoms with E-state index in [1.54, 1.807) is 0 Å². The summed E-state index contributed by atoms with van der Waals surface area (Å²) in [5.41, 5.74) is 0.368. The molecule has 0 spiro atoms. The average Bonchev–Trinajstić information content (AvgIpc) is 1.95. The van der Waals surface area contributed by atoms with Crippen LogP contribution in [0.4, 0.5) is 0 Å². The zero-order valence-electron chi connectivity index (χ0n) is 7.98. The van der Waals surface area contributed by atoms with E-state index in [1.165, 1.54) is 0 Å². The monoisotopic (exact) mass is 150 g/mol. The summed E-state index contributed by atoms with van der Waals surface area (Å²) in [7, 11) is 4.26. The Morgan fingerprint density at radius 2 is 2.00 bits per heavy atom. The van der Waals surface area contributed by atoms with Crippen LogP contribution in [0.25, 0.3) is 0 Å². The van der Waals surface area contributed by atoms with Gasteiger partial charge >= 0.3 is 0 Å². The fourth-order valence-corrected chi connectivity index (χ4v) is 1.86. The van der Waals surface area contributed by atoms with Gasteiger partial charge in [-0.2, -0.15) is 0 Å². The highest BCUT2D eigenvalue weighted by Gasteiger charge is 2.37. The molecule has 0 heterocycles. The predicted molar refractivity (Wildman–Crippen MR) is 52.6 cm³/mol. The molecule has 0 saturated heterocycles. The van der Waals surface area contributed by atoms with Crippen LogP contribution in [-0.2, 0) is 4.79 Å². The van der Waals surface area contributed by atoms with E-state index in [1.807, 2.05) is 0 Å². The van der Waals surface area contributed by atoms with Gasteiger partial charge in [0.15, 0.2) is 0 Å². The molecule has 1 fully saturated rings. The zero-order chi connectivity index (χ0) is 8.65. The van der Waals surface area contributed by atoms with Crippen LogP contribution < -0.4 is 0 Å². The van der Waals surface area contributed by atoms with Crippen LogP contribution in [0.1, 0.15) is 26.7 Å². The number of hydrogen-bond donors (Lipinski definition) is 0. The molecule has 60 valence electrons. The smallest absolute Gasteiger partial charge is 0.127 e. The van der Waals surface area contributed by atoms with Crippen LogP contribution in [0.3, 0.4) is 0 Å². The summed E-state index contributed by atoms with van der Waals surface area (Å²) in [6.07, 6.45) is 1.86. The van der Waals surface area contributed by atoms with Crippen molar-refractivity contribution in [2.75, 3.05) is 0 Å². The molecule has 1 aliphatic rings. The maximum absolute atomic E-state index is 11.3. The van der Waals surface area contributed by atoms with E-state index in [-0.39, 0.29) is 5.82 Å². The van der Waals surface area contributed by atoms with Gasteiger partial charge in [0, 0.05) is 6.42 Å². The molecule has 11 heavy (non-hydrogen) atoms. The Bertz CT molecular complexity index is 177. The lowest BCUT2D eigenvalue weighted by atomic mass is 9.50. The Balaban J connectivity index is 2.75. The van der Waals surface area contributed by atoms with Gasteiger partial charge in [0.1, 0.15) is 21.5 Å². The number of carbonyl (C=O) groups is 1. The first-order valence-electron chi connectivity index (χ1n) is 4.48. The van der Waals surface area contributed by atoms with Crippen molar-refractivity contribution in [2.45, 2.75) is 38.3 Å². The summed E-state index contributed by atoms with van der Waals surface area (Å²) in [5.74, 6) is 1.28. The first-order chi connectivity index (χ1) is 4.95. The molecule has 2 unspecified atom stereocenters. The van der Waals surface area contributed by atoms with Crippen molar-refractivity contribution >= 4 is 21.5 Å². The number of carbonyl (C=O) groups excluding carboxylic acids is 1. The Kier molecular flexibility index (Phi) is 2.17. The molecule has 0 aromatic rings. The summed E-state index contributed by atoms with van der Waals surface area (Å²) in [6, 6.07) is 0. The summed E-state index contributed by atoms with van der Waals surface area (Å²) in [5, 5.41) is 0. The highest BCUT2D eigenvalue weighted by molar-refractivity contribution is 6.31. The third-order valence-electron chi connectivity index (χ3n) is 3.51. The van der Waals surface area contributed by atoms with Gasteiger partial charge in [-0.25, -0.2) is 0 Å². The lowest BCUT2D eigenvalue weighted by molar-refractivity contribution is -0.121. The van der Waals surface area contributed by atoms with E-state index in [2.05, 4.69) is 29.5 Å². The van der Waals surface area contributed by atoms with Gasteiger partial charge in [0.2, 0.25) is 0 Å². The van der Waals surface area contributed by atoms with Gasteiger partial charge in [-0.05, 0) is 17.7 Å². The topological polar surface area (TPSA) is 17.1 Å². The lowest BCUT2D eigenvalue weighted by Gasteiger charge is -2.40. The highest BCUT2D eigenvalue weighted by Crippen LogP contribution is 2.46. The van der Waals surface area contributed by atoms with Crippen LogP contribution in [0.15, 0.2) is 0 Å². The molecule has 0 radical (unpaired) electrons. The largest absolute Gasteiger partial charge is 0.300 e. The summed E-state index contributed by atoms with van der Waals surface area (Å²) < 4.78 is 0. The molecule has 3 heteroatoms. The molecule has 0 bridgehead atoms. The average molecular weight is 150 g/mol. The lowest BCUT2D eigenvalue weighted by Crippen LogP contribution is -2.33. The number of Topliss-reactive ketones (excluding diaryl/α,β-unsaturated/α-hetero) is 1. The van der Waals surface area contributed by atoms with Gasteiger partial charge in [0.25, 0.3) is 0 Å². The van der Waals surface area contributed by atoms with Crippen molar-refractivity contribution in [2.24, 2.45) is 5.41 Å². The summed E-state index contributed by atoms with van der Waals surface area (Å²) >= 11 is 0. The first kappa shape index (κ1) is 8.89. The molecule has 0 aromatic carbocycles. The predicted octanol–water partition coefficient (Wildman–Crippen LogP) is 0.219. The Hall–Kier alpha value is -0.200. The maximum Gasteiger partial charge on any atom is 0.127 e. The standard InChI is InChI=1S/C8H16B2O/c1-8(2)4-3-5(11)6(9)7(8)10/h6-7H,3-4,9-10H2,1-2H3. The number of rotatable bonds is 0. The van der Waals surface area contributed by atoms with Gasteiger partial charge in [-0.3, -0.25) is 0 Å². The Morgan fingerprint density at radius 3 is 2.45 bits per heavy atom. The maximum atomic E-state index is 11.3. The molecule has 0 amide bonds.